The van der Waals surface area contributed by atoms with Gasteiger partial charge in [-0.1, -0.05) is 29.8 Å². The first kappa shape index (κ1) is 19.1. The van der Waals surface area contributed by atoms with Gasteiger partial charge in [-0.3, -0.25) is 4.48 Å². The van der Waals surface area contributed by atoms with Crippen molar-refractivity contribution in [1.29, 1.82) is 0 Å². The van der Waals surface area contributed by atoms with Gasteiger partial charge >= 0.3 is 6.16 Å². The van der Waals surface area contributed by atoms with Gasteiger partial charge < -0.3 is 14.2 Å². The number of carbonyl (C=O) groups excluding carboxylic acids is 1. The number of hydrogen-bond donors (Lipinski definition) is 0. The van der Waals surface area contributed by atoms with E-state index in [9.17, 15) is 4.79 Å². The molecule has 0 saturated carbocycles. The van der Waals surface area contributed by atoms with Gasteiger partial charge in [-0.15, -0.1) is 0 Å². The maximum absolute atomic E-state index is 11.9. The van der Waals surface area contributed by atoms with Gasteiger partial charge in [0, 0.05) is 28.0 Å². The molecule has 0 bridgehead atoms. The molecule has 2 aliphatic heterocycles. The van der Waals surface area contributed by atoms with E-state index in [2.05, 4.69) is 13.1 Å². The van der Waals surface area contributed by atoms with Crippen molar-refractivity contribution in [3.63, 3.8) is 0 Å². The van der Waals surface area contributed by atoms with E-state index in [1.54, 1.807) is 0 Å². The molecule has 0 aliphatic carbocycles. The fraction of sp³-hybridized carbons (Fsp3) is 0.409. The average molecular weight is 403 g/mol. The second kappa shape index (κ2) is 7.30. The van der Waals surface area contributed by atoms with E-state index in [1.807, 2.05) is 50.2 Å². The van der Waals surface area contributed by atoms with Crippen LogP contribution in [0.3, 0.4) is 0 Å². The van der Waals surface area contributed by atoms with Crippen LogP contribution in [0.1, 0.15) is 36.8 Å². The van der Waals surface area contributed by atoms with Crippen molar-refractivity contribution >= 4 is 17.8 Å². The maximum Gasteiger partial charge on any atom is 0.512 e. The van der Waals surface area contributed by atoms with Crippen LogP contribution in [0.4, 0.5) is 4.79 Å². The number of benzene rings is 2. The molecule has 0 aromatic heterocycles. The summed E-state index contributed by atoms with van der Waals surface area (Å²) in [7, 11) is 2.12. The fourth-order valence-electron chi connectivity index (χ4n) is 4.35. The van der Waals surface area contributed by atoms with Gasteiger partial charge in [0.1, 0.15) is 11.5 Å². The van der Waals surface area contributed by atoms with E-state index >= 15 is 0 Å². The first-order chi connectivity index (χ1) is 13.3. The zero-order valence-electron chi connectivity index (χ0n) is 16.4. The highest BCUT2D eigenvalue weighted by molar-refractivity contribution is 6.30. The molecular weight excluding hydrogens is 378 g/mol. The van der Waals surface area contributed by atoms with Crippen LogP contribution in [0.2, 0.25) is 5.02 Å². The van der Waals surface area contributed by atoms with Crippen molar-refractivity contribution in [3.8, 4) is 11.5 Å². The third kappa shape index (κ3) is 3.69. The Morgan fingerprint density at radius 1 is 1.14 bits per heavy atom. The first-order valence-corrected chi connectivity index (χ1v) is 9.96. The SMILES string of the molecule is CC(C)OC(=O)OC[N+]1(C)CC2c3ccccc3Oc3ccc(Cl)cc3C2C1. The topological polar surface area (TPSA) is 44.8 Å². The Balaban J connectivity index is 1.65. The summed E-state index contributed by atoms with van der Waals surface area (Å²) in [6, 6.07) is 14.0. The second-order valence-corrected chi connectivity index (χ2v) is 8.65. The molecule has 2 heterocycles. The molecule has 0 radical (unpaired) electrons. The number of likely N-dealkylation sites (tertiary alicyclic amines) is 1. The highest BCUT2D eigenvalue weighted by atomic mass is 35.5. The third-order valence-corrected chi connectivity index (χ3v) is 5.73. The molecule has 28 heavy (non-hydrogen) atoms. The summed E-state index contributed by atoms with van der Waals surface area (Å²) in [5.74, 6) is 2.21. The number of para-hydroxylation sites is 1. The number of halogens is 1. The number of carbonyl (C=O) groups is 1. The van der Waals surface area contributed by atoms with Gasteiger partial charge in [-0.05, 0) is 38.1 Å². The van der Waals surface area contributed by atoms with E-state index in [0.717, 1.165) is 30.2 Å². The molecule has 0 N–H and O–H groups in total. The van der Waals surface area contributed by atoms with E-state index in [4.69, 9.17) is 25.8 Å². The molecule has 6 heteroatoms. The third-order valence-electron chi connectivity index (χ3n) is 5.50. The van der Waals surface area contributed by atoms with Gasteiger partial charge in [0.05, 0.1) is 26.2 Å². The largest absolute Gasteiger partial charge is 0.512 e. The number of rotatable bonds is 3. The summed E-state index contributed by atoms with van der Waals surface area (Å²) in [5, 5.41) is 0.699. The molecule has 1 fully saturated rings. The molecule has 4 rings (SSSR count). The number of likely N-dealkylation sites (N-methyl/N-ethyl adjacent to an activating group) is 1. The molecule has 2 aromatic carbocycles. The Bertz CT molecular complexity index is 900. The highest BCUT2D eigenvalue weighted by Crippen LogP contribution is 2.51. The Labute approximate surface area is 170 Å². The van der Waals surface area contributed by atoms with Crippen LogP contribution < -0.4 is 4.74 Å². The second-order valence-electron chi connectivity index (χ2n) is 8.21. The Morgan fingerprint density at radius 2 is 1.82 bits per heavy atom. The number of ether oxygens (including phenoxy) is 3. The van der Waals surface area contributed by atoms with Gasteiger partial charge in [0.2, 0.25) is 6.73 Å². The lowest BCUT2D eigenvalue weighted by molar-refractivity contribution is -0.915. The van der Waals surface area contributed by atoms with Crippen LogP contribution in [0.15, 0.2) is 42.5 Å². The zero-order valence-corrected chi connectivity index (χ0v) is 17.1. The smallest absolute Gasteiger partial charge is 0.457 e. The Hall–Kier alpha value is -2.24. The number of quaternary nitrogens is 1. The summed E-state index contributed by atoms with van der Waals surface area (Å²) in [5.41, 5.74) is 2.30. The summed E-state index contributed by atoms with van der Waals surface area (Å²) in [6.45, 7) is 5.56. The Kier molecular flexibility index (Phi) is 4.98. The van der Waals surface area contributed by atoms with Crippen LogP contribution in [0, 0.1) is 0 Å². The van der Waals surface area contributed by atoms with Crippen molar-refractivity contribution in [2.24, 2.45) is 0 Å². The lowest BCUT2D eigenvalue weighted by Crippen LogP contribution is -2.44. The lowest BCUT2D eigenvalue weighted by Gasteiger charge is -2.29. The number of nitrogens with zero attached hydrogens (tertiary/aromatic N) is 1. The van der Waals surface area contributed by atoms with Crippen molar-refractivity contribution in [2.45, 2.75) is 31.8 Å². The number of hydrogen-bond acceptors (Lipinski definition) is 4. The van der Waals surface area contributed by atoms with Gasteiger partial charge in [-0.2, -0.15) is 0 Å². The van der Waals surface area contributed by atoms with Crippen LogP contribution in [0.5, 0.6) is 11.5 Å². The van der Waals surface area contributed by atoms with Crippen molar-refractivity contribution in [2.75, 3.05) is 26.9 Å². The summed E-state index contributed by atoms with van der Waals surface area (Å²) >= 11 is 6.31. The molecule has 3 unspecified atom stereocenters. The van der Waals surface area contributed by atoms with E-state index in [1.165, 1.54) is 5.56 Å². The zero-order chi connectivity index (χ0) is 19.9. The predicted octanol–water partition coefficient (Wildman–Crippen LogP) is 5.29. The molecule has 2 aliphatic rings. The van der Waals surface area contributed by atoms with Gasteiger partial charge in [0.15, 0.2) is 0 Å². The van der Waals surface area contributed by atoms with Crippen LogP contribution >= 0.6 is 11.6 Å². The number of fused-ring (bicyclic) bond motifs is 5. The summed E-state index contributed by atoms with van der Waals surface area (Å²) in [4.78, 5) is 11.9. The minimum Gasteiger partial charge on any atom is -0.457 e. The Morgan fingerprint density at radius 3 is 2.57 bits per heavy atom. The predicted molar refractivity (Wildman–Crippen MR) is 107 cm³/mol. The van der Waals surface area contributed by atoms with E-state index < -0.39 is 6.16 Å². The summed E-state index contributed by atoms with van der Waals surface area (Å²) in [6.07, 6.45) is -0.811. The molecule has 3 atom stereocenters. The first-order valence-electron chi connectivity index (χ1n) is 9.58. The van der Waals surface area contributed by atoms with E-state index in [0.29, 0.717) is 9.51 Å². The van der Waals surface area contributed by atoms with Gasteiger partial charge in [0.25, 0.3) is 0 Å². The van der Waals surface area contributed by atoms with Crippen molar-refractivity contribution < 1.29 is 23.5 Å². The standard InChI is InChI=1S/C22H25ClNO4/c1-14(2)27-22(25)26-13-24(3)11-18-16-6-4-5-7-20(16)28-21-9-8-15(23)10-17(21)19(18)12-24/h4-10,14,18-19H,11-13H2,1-3H3/q+1. The maximum atomic E-state index is 11.9. The van der Waals surface area contributed by atoms with Crippen molar-refractivity contribution in [1.82, 2.24) is 0 Å². The normalized spacial score (nSPS) is 25.2. The molecule has 0 amide bonds. The van der Waals surface area contributed by atoms with Crippen LogP contribution in [-0.2, 0) is 9.47 Å². The molecule has 5 nitrogen and oxygen atoms in total. The van der Waals surface area contributed by atoms with Crippen LogP contribution in [-0.4, -0.2) is 43.6 Å². The van der Waals surface area contributed by atoms with Crippen LogP contribution in [0.25, 0.3) is 0 Å². The molecular formula is C22H25ClNO4+. The van der Waals surface area contributed by atoms with Crippen molar-refractivity contribution in [3.05, 3.63) is 58.6 Å². The average Bonchev–Trinajstić information content (AvgIpc) is 2.94. The monoisotopic (exact) mass is 402 g/mol. The van der Waals surface area contributed by atoms with Gasteiger partial charge in [-0.25, -0.2) is 4.79 Å². The molecule has 0 spiro atoms. The quantitative estimate of drug-likeness (QED) is 0.516. The molecule has 1 saturated heterocycles. The lowest BCUT2D eigenvalue weighted by atomic mass is 9.84. The summed E-state index contributed by atoms with van der Waals surface area (Å²) < 4.78 is 17.4. The van der Waals surface area contributed by atoms with E-state index in [-0.39, 0.29) is 24.7 Å². The minimum atomic E-state index is -0.617. The highest BCUT2D eigenvalue weighted by Gasteiger charge is 2.48. The molecule has 148 valence electrons. The minimum absolute atomic E-state index is 0.194. The fourth-order valence-corrected chi connectivity index (χ4v) is 4.53. The molecule has 2 aromatic rings.